The van der Waals surface area contributed by atoms with Crippen LogP contribution in [0.25, 0.3) is 0 Å². The van der Waals surface area contributed by atoms with Gasteiger partial charge >= 0.3 is 0 Å². The maximum absolute atomic E-state index is 12.2. The Hall–Kier alpha value is -3.88. The first-order valence-corrected chi connectivity index (χ1v) is 9.56. The number of aromatic nitrogens is 3. The summed E-state index contributed by atoms with van der Waals surface area (Å²) in [6, 6.07) is 11.2. The van der Waals surface area contributed by atoms with Gasteiger partial charge in [-0.3, -0.25) is 4.79 Å². The van der Waals surface area contributed by atoms with Crippen LogP contribution in [0.1, 0.15) is 11.1 Å². The van der Waals surface area contributed by atoms with Crippen LogP contribution in [0.2, 0.25) is 0 Å². The highest BCUT2D eigenvalue weighted by molar-refractivity contribution is 5.78. The molecule has 1 aliphatic rings. The van der Waals surface area contributed by atoms with Crippen LogP contribution in [0.3, 0.4) is 0 Å². The number of fused-ring (bicyclic) bond motifs is 1. The molecule has 9 heteroatoms. The molecule has 3 N–H and O–H groups in total. The normalized spacial score (nSPS) is 11.8. The van der Waals surface area contributed by atoms with Crippen LogP contribution in [-0.2, 0) is 11.2 Å². The minimum absolute atomic E-state index is 0.0637. The largest absolute Gasteiger partial charge is 0.454 e. The third-order valence-corrected chi connectivity index (χ3v) is 4.39. The molecule has 0 saturated carbocycles. The van der Waals surface area contributed by atoms with Crippen LogP contribution in [0.5, 0.6) is 11.5 Å². The zero-order valence-electron chi connectivity index (χ0n) is 16.5. The Kier molecular flexibility index (Phi) is 5.88. The lowest BCUT2D eigenvalue weighted by Gasteiger charge is -2.09. The summed E-state index contributed by atoms with van der Waals surface area (Å²) < 4.78 is 10.6. The third-order valence-electron chi connectivity index (χ3n) is 4.39. The molecule has 3 heterocycles. The first-order chi connectivity index (χ1) is 14.7. The summed E-state index contributed by atoms with van der Waals surface area (Å²) in [4.78, 5) is 24.8. The van der Waals surface area contributed by atoms with Crippen LogP contribution in [0, 0.1) is 6.92 Å². The van der Waals surface area contributed by atoms with Gasteiger partial charge in [-0.25, -0.2) is 15.0 Å². The first kappa shape index (κ1) is 19.4. The zero-order chi connectivity index (χ0) is 20.8. The molecule has 1 aromatic carbocycles. The zero-order valence-corrected chi connectivity index (χ0v) is 16.5. The lowest BCUT2D eigenvalue weighted by molar-refractivity contribution is -0.120. The molecule has 0 unspecified atom stereocenters. The summed E-state index contributed by atoms with van der Waals surface area (Å²) >= 11 is 0. The molecule has 4 rings (SSSR count). The Morgan fingerprint density at radius 1 is 0.967 bits per heavy atom. The van der Waals surface area contributed by atoms with E-state index >= 15 is 0 Å². The van der Waals surface area contributed by atoms with Crippen LogP contribution in [-0.4, -0.2) is 40.7 Å². The Morgan fingerprint density at radius 2 is 1.80 bits per heavy atom. The van der Waals surface area contributed by atoms with Crippen molar-refractivity contribution in [3.05, 3.63) is 60.0 Å². The van der Waals surface area contributed by atoms with E-state index in [1.54, 1.807) is 12.3 Å². The smallest absolute Gasteiger partial charge is 0.231 e. The standard InChI is InChI=1S/C21H22N6O3/c1-14-4-5-22-19(8-14)27-20-11-18(25-12-26-20)23-6-7-24-21(28)10-15-2-3-16-17(9-15)30-13-29-16/h2-5,8-9,11-12H,6-7,10,13H2,1H3,(H,24,28)(H2,22,23,25,26,27). The van der Waals surface area contributed by atoms with Gasteiger partial charge in [0, 0.05) is 25.4 Å². The number of benzene rings is 1. The molecular formula is C21H22N6O3. The van der Waals surface area contributed by atoms with E-state index in [4.69, 9.17) is 9.47 Å². The minimum atomic E-state index is -0.0637. The summed E-state index contributed by atoms with van der Waals surface area (Å²) in [6.45, 7) is 3.22. The molecule has 0 atom stereocenters. The van der Waals surface area contributed by atoms with Gasteiger partial charge in [-0.15, -0.1) is 0 Å². The van der Waals surface area contributed by atoms with Crippen molar-refractivity contribution in [1.29, 1.82) is 0 Å². The first-order valence-electron chi connectivity index (χ1n) is 9.56. The highest BCUT2D eigenvalue weighted by atomic mass is 16.7. The highest BCUT2D eigenvalue weighted by Gasteiger charge is 2.14. The Morgan fingerprint density at radius 3 is 2.70 bits per heavy atom. The predicted octanol–water partition coefficient (Wildman–Crippen LogP) is 2.42. The van der Waals surface area contributed by atoms with Crippen molar-refractivity contribution in [3.63, 3.8) is 0 Å². The van der Waals surface area contributed by atoms with Gasteiger partial charge in [0.25, 0.3) is 0 Å². The summed E-state index contributed by atoms with van der Waals surface area (Å²) in [5, 5.41) is 9.21. The molecule has 1 aliphatic heterocycles. The van der Waals surface area contributed by atoms with Gasteiger partial charge in [-0.2, -0.15) is 0 Å². The van der Waals surface area contributed by atoms with E-state index < -0.39 is 0 Å². The lowest BCUT2D eigenvalue weighted by Crippen LogP contribution is -2.30. The molecule has 3 aromatic rings. The summed E-state index contributed by atoms with van der Waals surface area (Å²) in [6.07, 6.45) is 3.49. The second-order valence-electron chi connectivity index (χ2n) is 6.77. The number of nitrogens with one attached hydrogen (secondary N) is 3. The van der Waals surface area contributed by atoms with E-state index in [9.17, 15) is 4.79 Å². The monoisotopic (exact) mass is 406 g/mol. The molecule has 0 fully saturated rings. The van der Waals surface area contributed by atoms with Gasteiger partial charge in [0.1, 0.15) is 23.8 Å². The number of nitrogens with zero attached hydrogens (tertiary/aromatic N) is 3. The van der Waals surface area contributed by atoms with Crippen LogP contribution in [0.4, 0.5) is 17.5 Å². The fraction of sp³-hybridized carbons (Fsp3) is 0.238. The number of hydrogen-bond donors (Lipinski definition) is 3. The van der Waals surface area contributed by atoms with Crippen molar-refractivity contribution in [2.45, 2.75) is 13.3 Å². The summed E-state index contributed by atoms with van der Waals surface area (Å²) in [5.74, 6) is 3.33. The van der Waals surface area contributed by atoms with Crippen molar-refractivity contribution < 1.29 is 14.3 Å². The van der Waals surface area contributed by atoms with Crippen molar-refractivity contribution in [2.24, 2.45) is 0 Å². The number of anilines is 3. The van der Waals surface area contributed by atoms with E-state index in [-0.39, 0.29) is 19.1 Å². The number of rotatable bonds is 8. The lowest BCUT2D eigenvalue weighted by atomic mass is 10.1. The van der Waals surface area contributed by atoms with E-state index in [1.807, 2.05) is 37.3 Å². The average molecular weight is 406 g/mol. The number of hydrogen-bond acceptors (Lipinski definition) is 8. The van der Waals surface area contributed by atoms with E-state index in [2.05, 4.69) is 30.9 Å². The van der Waals surface area contributed by atoms with Gasteiger partial charge in [-0.05, 0) is 42.3 Å². The van der Waals surface area contributed by atoms with E-state index in [0.717, 1.165) is 16.9 Å². The predicted molar refractivity (Wildman–Crippen MR) is 112 cm³/mol. The molecule has 1 amide bonds. The number of pyridine rings is 1. The molecule has 2 aromatic heterocycles. The van der Waals surface area contributed by atoms with Crippen molar-refractivity contribution in [1.82, 2.24) is 20.3 Å². The van der Waals surface area contributed by atoms with Crippen LogP contribution < -0.4 is 25.4 Å². The van der Waals surface area contributed by atoms with Crippen molar-refractivity contribution in [3.8, 4) is 11.5 Å². The van der Waals surface area contributed by atoms with Gasteiger partial charge in [0.15, 0.2) is 11.5 Å². The molecule has 0 bridgehead atoms. The molecule has 0 aliphatic carbocycles. The fourth-order valence-electron chi connectivity index (χ4n) is 2.95. The fourth-order valence-corrected chi connectivity index (χ4v) is 2.95. The maximum Gasteiger partial charge on any atom is 0.231 e. The van der Waals surface area contributed by atoms with Gasteiger partial charge in [0.2, 0.25) is 12.7 Å². The van der Waals surface area contributed by atoms with E-state index in [0.29, 0.717) is 36.2 Å². The quantitative estimate of drug-likeness (QED) is 0.489. The van der Waals surface area contributed by atoms with E-state index in [1.165, 1.54) is 6.33 Å². The maximum atomic E-state index is 12.2. The molecular weight excluding hydrogens is 384 g/mol. The average Bonchev–Trinajstić information content (AvgIpc) is 3.19. The summed E-state index contributed by atoms with van der Waals surface area (Å²) in [7, 11) is 0. The molecule has 0 radical (unpaired) electrons. The van der Waals surface area contributed by atoms with Gasteiger partial charge in [0.05, 0.1) is 6.42 Å². The van der Waals surface area contributed by atoms with Crippen LogP contribution in [0.15, 0.2) is 48.9 Å². The SMILES string of the molecule is Cc1ccnc(Nc2cc(NCCNC(=O)Cc3ccc4c(c3)OCO4)ncn2)c1. The molecule has 0 saturated heterocycles. The Bertz CT molecular complexity index is 1040. The highest BCUT2D eigenvalue weighted by Crippen LogP contribution is 2.32. The third kappa shape index (κ3) is 5.13. The van der Waals surface area contributed by atoms with Gasteiger partial charge < -0.3 is 25.4 Å². The molecule has 154 valence electrons. The number of aryl methyl sites for hydroxylation is 1. The Labute approximate surface area is 173 Å². The van der Waals surface area contributed by atoms with Crippen molar-refractivity contribution >= 4 is 23.4 Å². The van der Waals surface area contributed by atoms with Gasteiger partial charge in [-0.1, -0.05) is 6.07 Å². The second kappa shape index (κ2) is 9.08. The Balaban J connectivity index is 1.22. The number of ether oxygens (including phenoxy) is 2. The molecule has 9 nitrogen and oxygen atoms in total. The molecule has 0 spiro atoms. The molecule has 30 heavy (non-hydrogen) atoms. The number of amides is 1. The minimum Gasteiger partial charge on any atom is -0.454 e. The van der Waals surface area contributed by atoms with Crippen LogP contribution >= 0.6 is 0 Å². The van der Waals surface area contributed by atoms with Crippen molar-refractivity contribution in [2.75, 3.05) is 30.5 Å². The second-order valence-corrected chi connectivity index (χ2v) is 6.77. The number of carbonyl (C=O) groups is 1. The number of carbonyl (C=O) groups excluding carboxylic acids is 1. The summed E-state index contributed by atoms with van der Waals surface area (Å²) in [5.41, 5.74) is 1.98. The topological polar surface area (TPSA) is 110 Å².